The van der Waals surface area contributed by atoms with Crippen LogP contribution in [0.1, 0.15) is 31.2 Å². The fourth-order valence-corrected chi connectivity index (χ4v) is 4.67. The van der Waals surface area contributed by atoms with Gasteiger partial charge in [0.1, 0.15) is 24.4 Å². The van der Waals surface area contributed by atoms with Gasteiger partial charge >= 0.3 is 6.01 Å². The van der Waals surface area contributed by atoms with E-state index < -0.39 is 12.0 Å². The van der Waals surface area contributed by atoms with Gasteiger partial charge < -0.3 is 9.47 Å². The Bertz CT molecular complexity index is 1100. The Morgan fingerprint density at radius 3 is 2.81 bits per heavy atom. The predicted molar refractivity (Wildman–Crippen MR) is 116 cm³/mol. The molecule has 2 fully saturated rings. The van der Waals surface area contributed by atoms with E-state index in [9.17, 15) is 8.78 Å². The SMILES string of the molecule is Fc1c(Cl)ncc2c(OCc3ccccc3)nc(OC3CC[C@@H](F)CN4CCC[C@H]34)nc12. The van der Waals surface area contributed by atoms with Crippen LogP contribution in [0.3, 0.4) is 0 Å². The number of benzene rings is 1. The topological polar surface area (TPSA) is 60.4 Å². The van der Waals surface area contributed by atoms with Gasteiger partial charge in [0.25, 0.3) is 0 Å². The zero-order valence-electron chi connectivity index (χ0n) is 17.4. The van der Waals surface area contributed by atoms with Crippen molar-refractivity contribution in [2.24, 2.45) is 0 Å². The van der Waals surface area contributed by atoms with Gasteiger partial charge in [0.15, 0.2) is 11.0 Å². The second-order valence-electron chi connectivity index (χ2n) is 8.25. The van der Waals surface area contributed by atoms with Crippen molar-refractivity contribution < 1.29 is 18.3 Å². The highest BCUT2D eigenvalue weighted by atomic mass is 35.5. The predicted octanol–water partition coefficient (Wildman–Crippen LogP) is 4.74. The van der Waals surface area contributed by atoms with Crippen LogP contribution in [-0.2, 0) is 6.61 Å². The zero-order valence-corrected chi connectivity index (χ0v) is 18.1. The van der Waals surface area contributed by atoms with Gasteiger partial charge in [-0.1, -0.05) is 41.9 Å². The molecule has 0 bridgehead atoms. The molecule has 2 aliphatic heterocycles. The van der Waals surface area contributed by atoms with Crippen LogP contribution in [0.4, 0.5) is 8.78 Å². The first-order chi connectivity index (χ1) is 15.6. The summed E-state index contributed by atoms with van der Waals surface area (Å²) >= 11 is 5.89. The number of halogens is 3. The highest BCUT2D eigenvalue weighted by Gasteiger charge is 2.38. The normalized spacial score (nSPS) is 23.7. The number of rotatable bonds is 5. The molecule has 3 atom stereocenters. The monoisotopic (exact) mass is 460 g/mol. The molecule has 3 aromatic rings. The van der Waals surface area contributed by atoms with E-state index >= 15 is 0 Å². The van der Waals surface area contributed by atoms with Crippen molar-refractivity contribution in [3.05, 3.63) is 53.1 Å². The average molecular weight is 461 g/mol. The first kappa shape index (κ1) is 21.3. The van der Waals surface area contributed by atoms with E-state index in [2.05, 4.69) is 19.9 Å². The van der Waals surface area contributed by atoms with Crippen molar-refractivity contribution in [3.8, 4) is 11.9 Å². The Hall–Kier alpha value is -2.58. The summed E-state index contributed by atoms with van der Waals surface area (Å²) in [7, 11) is 0. The number of nitrogens with zero attached hydrogens (tertiary/aromatic N) is 4. The number of alkyl halides is 1. The van der Waals surface area contributed by atoms with Gasteiger partial charge in [-0.2, -0.15) is 9.97 Å². The van der Waals surface area contributed by atoms with E-state index in [1.165, 1.54) is 6.20 Å². The number of ether oxygens (including phenoxy) is 2. The van der Waals surface area contributed by atoms with Crippen molar-refractivity contribution in [2.75, 3.05) is 13.1 Å². The second kappa shape index (κ2) is 9.11. The van der Waals surface area contributed by atoms with Crippen LogP contribution in [0.2, 0.25) is 5.15 Å². The molecule has 0 spiro atoms. The van der Waals surface area contributed by atoms with E-state index in [-0.39, 0.29) is 41.3 Å². The lowest BCUT2D eigenvalue weighted by Crippen LogP contribution is -2.41. The highest BCUT2D eigenvalue weighted by Crippen LogP contribution is 2.33. The Kier molecular flexibility index (Phi) is 6.06. The molecule has 0 aliphatic carbocycles. The quantitative estimate of drug-likeness (QED) is 0.512. The maximum Gasteiger partial charge on any atom is 0.320 e. The van der Waals surface area contributed by atoms with Crippen LogP contribution in [0.25, 0.3) is 10.9 Å². The minimum atomic E-state index is -0.881. The molecule has 5 rings (SSSR count). The lowest BCUT2D eigenvalue weighted by molar-refractivity contribution is 0.0900. The summed E-state index contributed by atoms with van der Waals surface area (Å²) in [5.41, 5.74) is 0.918. The largest absolute Gasteiger partial charge is 0.472 e. The number of aromatic nitrogens is 3. The molecule has 1 unspecified atom stereocenters. The summed E-state index contributed by atoms with van der Waals surface area (Å²) < 4.78 is 41.0. The van der Waals surface area contributed by atoms with Gasteiger partial charge in [-0.3, -0.25) is 4.90 Å². The van der Waals surface area contributed by atoms with Gasteiger partial charge in [-0.05, 0) is 37.8 Å². The Morgan fingerprint density at radius 2 is 1.97 bits per heavy atom. The summed E-state index contributed by atoms with van der Waals surface area (Å²) in [5.74, 6) is -0.592. The first-order valence-electron chi connectivity index (χ1n) is 10.8. The zero-order chi connectivity index (χ0) is 22.1. The average Bonchev–Trinajstić information content (AvgIpc) is 3.20. The summed E-state index contributed by atoms with van der Waals surface area (Å²) in [6.45, 7) is 1.51. The Balaban J connectivity index is 1.47. The van der Waals surface area contributed by atoms with Gasteiger partial charge in [-0.15, -0.1) is 0 Å². The fourth-order valence-electron chi connectivity index (χ4n) is 4.53. The van der Waals surface area contributed by atoms with Crippen LogP contribution in [-0.4, -0.2) is 51.3 Å². The van der Waals surface area contributed by atoms with Crippen LogP contribution in [0, 0.1) is 5.82 Å². The molecule has 32 heavy (non-hydrogen) atoms. The summed E-state index contributed by atoms with van der Waals surface area (Å²) in [5, 5.41) is 0.0234. The molecule has 0 radical (unpaired) electrons. The third-order valence-electron chi connectivity index (χ3n) is 6.10. The van der Waals surface area contributed by atoms with Crippen molar-refractivity contribution in [3.63, 3.8) is 0 Å². The summed E-state index contributed by atoms with van der Waals surface area (Å²) in [6, 6.07) is 9.66. The molecule has 9 heteroatoms. The van der Waals surface area contributed by atoms with E-state index in [0.717, 1.165) is 24.9 Å². The number of pyridine rings is 1. The number of hydrogen-bond donors (Lipinski definition) is 0. The molecular weight excluding hydrogens is 438 g/mol. The smallest absolute Gasteiger partial charge is 0.320 e. The minimum Gasteiger partial charge on any atom is -0.472 e. The van der Waals surface area contributed by atoms with Crippen molar-refractivity contribution in [1.82, 2.24) is 19.9 Å². The Morgan fingerprint density at radius 1 is 1.12 bits per heavy atom. The summed E-state index contributed by atoms with van der Waals surface area (Å²) in [6.07, 6.45) is 3.11. The number of hydrogen-bond acceptors (Lipinski definition) is 6. The standard InChI is InChI=1S/C23H23ClF2N4O2/c24-21-19(26)20-16(11-27-21)22(31-13-14-5-2-1-3-6-14)29-23(28-20)32-18-9-8-15(25)12-30-10-4-7-17(18)30/h1-3,5-6,11,15,17-18H,4,7-10,12-13H2/t15-,17-,18?/m1/s1. The van der Waals surface area contributed by atoms with Gasteiger partial charge in [0, 0.05) is 18.8 Å². The van der Waals surface area contributed by atoms with Crippen molar-refractivity contribution >= 4 is 22.5 Å². The van der Waals surface area contributed by atoms with Crippen LogP contribution < -0.4 is 9.47 Å². The second-order valence-corrected chi connectivity index (χ2v) is 8.60. The van der Waals surface area contributed by atoms with E-state index in [1.807, 2.05) is 30.3 Å². The van der Waals surface area contributed by atoms with E-state index in [4.69, 9.17) is 21.1 Å². The molecule has 0 N–H and O–H groups in total. The molecule has 0 saturated carbocycles. The molecule has 4 heterocycles. The van der Waals surface area contributed by atoms with Gasteiger partial charge in [0.05, 0.1) is 5.39 Å². The van der Waals surface area contributed by atoms with E-state index in [0.29, 0.717) is 24.8 Å². The molecule has 168 valence electrons. The third-order valence-corrected chi connectivity index (χ3v) is 6.37. The molecule has 0 amide bonds. The number of fused-ring (bicyclic) bond motifs is 2. The highest BCUT2D eigenvalue weighted by molar-refractivity contribution is 6.30. The molecule has 6 nitrogen and oxygen atoms in total. The summed E-state index contributed by atoms with van der Waals surface area (Å²) in [4.78, 5) is 14.7. The van der Waals surface area contributed by atoms with Crippen LogP contribution in [0.15, 0.2) is 36.5 Å². The van der Waals surface area contributed by atoms with Gasteiger partial charge in [-0.25, -0.2) is 13.8 Å². The third kappa shape index (κ3) is 4.34. The van der Waals surface area contributed by atoms with Crippen LogP contribution >= 0.6 is 11.6 Å². The maximum atomic E-state index is 14.8. The first-order valence-corrected chi connectivity index (χ1v) is 11.2. The van der Waals surface area contributed by atoms with E-state index in [1.54, 1.807) is 0 Å². The minimum absolute atomic E-state index is 0.00381. The van der Waals surface area contributed by atoms with Crippen molar-refractivity contribution in [2.45, 2.75) is 50.6 Å². The lowest BCUT2D eigenvalue weighted by atomic mass is 10.0. The van der Waals surface area contributed by atoms with Crippen LogP contribution in [0.5, 0.6) is 11.9 Å². The lowest BCUT2D eigenvalue weighted by Gasteiger charge is -2.28. The maximum absolute atomic E-state index is 14.8. The molecule has 1 aromatic carbocycles. The Labute approximate surface area is 189 Å². The molecule has 2 saturated heterocycles. The van der Waals surface area contributed by atoms with Crippen molar-refractivity contribution in [1.29, 1.82) is 0 Å². The molecule has 2 aliphatic rings. The molecular formula is C23H23ClF2N4O2. The fraction of sp³-hybridized carbons (Fsp3) is 0.435. The molecule has 2 aromatic heterocycles. The van der Waals surface area contributed by atoms with Gasteiger partial charge in [0.2, 0.25) is 5.88 Å².